The van der Waals surface area contributed by atoms with Crippen LogP contribution < -0.4 is 16.0 Å². The summed E-state index contributed by atoms with van der Waals surface area (Å²) in [6.45, 7) is 3.29. The zero-order valence-electron chi connectivity index (χ0n) is 15.4. The van der Waals surface area contributed by atoms with Crippen LogP contribution in [-0.2, 0) is 9.53 Å². The second-order valence-corrected chi connectivity index (χ2v) is 6.24. The number of aromatic amines is 1. The van der Waals surface area contributed by atoms with Gasteiger partial charge in [-0.25, -0.2) is 9.59 Å². The SMILES string of the molecule is CC(C)OC(=O)COc1cccc(C=Nn2c(=O)[nH]c3ccccc3c2=O)c1. The largest absolute Gasteiger partial charge is 0.482 e. The highest BCUT2D eigenvalue weighted by molar-refractivity contribution is 5.81. The monoisotopic (exact) mass is 381 g/mol. The summed E-state index contributed by atoms with van der Waals surface area (Å²) in [7, 11) is 0. The molecule has 3 rings (SSSR count). The standard InChI is InChI=1S/C20H19N3O5/c1-13(2)28-18(24)12-27-15-7-5-6-14(10-15)11-21-23-19(25)16-8-3-4-9-17(16)22-20(23)26/h3-11,13H,12H2,1-2H3,(H,22,26). The highest BCUT2D eigenvalue weighted by atomic mass is 16.6. The molecule has 3 aromatic rings. The molecule has 1 heterocycles. The van der Waals surface area contributed by atoms with Gasteiger partial charge in [-0.3, -0.25) is 4.79 Å². The number of aromatic nitrogens is 2. The van der Waals surface area contributed by atoms with Gasteiger partial charge in [0.05, 0.1) is 23.2 Å². The van der Waals surface area contributed by atoms with E-state index < -0.39 is 17.2 Å². The van der Waals surface area contributed by atoms with Crippen LogP contribution in [0.15, 0.2) is 63.2 Å². The van der Waals surface area contributed by atoms with Crippen molar-refractivity contribution in [2.45, 2.75) is 20.0 Å². The van der Waals surface area contributed by atoms with E-state index in [1.165, 1.54) is 6.21 Å². The summed E-state index contributed by atoms with van der Waals surface area (Å²) >= 11 is 0. The Morgan fingerprint density at radius 3 is 2.75 bits per heavy atom. The van der Waals surface area contributed by atoms with Gasteiger partial charge in [-0.1, -0.05) is 24.3 Å². The number of para-hydroxylation sites is 1. The first-order chi connectivity index (χ1) is 13.4. The third kappa shape index (κ3) is 4.53. The number of nitrogens with zero attached hydrogens (tertiary/aromatic N) is 2. The summed E-state index contributed by atoms with van der Waals surface area (Å²) in [5.41, 5.74) is -0.106. The smallest absolute Gasteiger partial charge is 0.349 e. The fourth-order valence-corrected chi connectivity index (χ4v) is 2.51. The molecule has 0 bridgehead atoms. The van der Waals surface area contributed by atoms with E-state index >= 15 is 0 Å². The van der Waals surface area contributed by atoms with Crippen molar-refractivity contribution in [3.05, 3.63) is 74.9 Å². The second kappa shape index (κ2) is 8.34. The molecule has 1 aromatic heterocycles. The van der Waals surface area contributed by atoms with Crippen LogP contribution in [0.25, 0.3) is 10.9 Å². The number of carbonyl (C=O) groups is 1. The summed E-state index contributed by atoms with van der Waals surface area (Å²) in [4.78, 5) is 38.7. The van der Waals surface area contributed by atoms with Crippen molar-refractivity contribution in [3.8, 4) is 5.75 Å². The Bertz CT molecular complexity index is 1140. The van der Waals surface area contributed by atoms with E-state index in [4.69, 9.17) is 9.47 Å². The third-order valence-corrected chi connectivity index (χ3v) is 3.69. The average Bonchev–Trinajstić information content (AvgIpc) is 2.66. The topological polar surface area (TPSA) is 103 Å². The quantitative estimate of drug-likeness (QED) is 0.519. The number of nitrogens with one attached hydrogen (secondary N) is 1. The average molecular weight is 381 g/mol. The number of rotatable bonds is 6. The molecule has 1 N–H and O–H groups in total. The third-order valence-electron chi connectivity index (χ3n) is 3.69. The van der Waals surface area contributed by atoms with Crippen LogP contribution in [0.5, 0.6) is 5.75 Å². The summed E-state index contributed by atoms with van der Waals surface area (Å²) < 4.78 is 11.2. The highest BCUT2D eigenvalue weighted by Crippen LogP contribution is 2.12. The van der Waals surface area contributed by atoms with Crippen molar-refractivity contribution >= 4 is 23.1 Å². The molecule has 8 heteroatoms. The number of hydrogen-bond donors (Lipinski definition) is 1. The molecule has 28 heavy (non-hydrogen) atoms. The Morgan fingerprint density at radius 1 is 1.18 bits per heavy atom. The van der Waals surface area contributed by atoms with Crippen molar-refractivity contribution in [2.75, 3.05) is 6.61 Å². The molecule has 2 aromatic carbocycles. The minimum absolute atomic E-state index is 0.215. The summed E-state index contributed by atoms with van der Waals surface area (Å²) in [6.07, 6.45) is 1.15. The molecule has 0 atom stereocenters. The summed E-state index contributed by atoms with van der Waals surface area (Å²) in [6, 6.07) is 13.4. The molecule has 0 unspecified atom stereocenters. The van der Waals surface area contributed by atoms with Gasteiger partial charge in [0.1, 0.15) is 5.75 Å². The number of ether oxygens (including phenoxy) is 2. The van der Waals surface area contributed by atoms with Gasteiger partial charge in [-0.05, 0) is 43.7 Å². The normalized spacial score (nSPS) is 11.2. The predicted octanol–water partition coefficient (Wildman–Crippen LogP) is 1.90. The van der Waals surface area contributed by atoms with Gasteiger partial charge < -0.3 is 14.5 Å². The highest BCUT2D eigenvalue weighted by Gasteiger charge is 2.07. The Balaban J connectivity index is 1.80. The van der Waals surface area contributed by atoms with Gasteiger partial charge in [0.15, 0.2) is 6.61 Å². The first kappa shape index (κ1) is 19.1. The van der Waals surface area contributed by atoms with Crippen molar-refractivity contribution in [1.82, 2.24) is 9.66 Å². The van der Waals surface area contributed by atoms with Crippen molar-refractivity contribution in [3.63, 3.8) is 0 Å². The van der Waals surface area contributed by atoms with Gasteiger partial charge in [0.2, 0.25) is 0 Å². The Labute approximate surface area is 160 Å². The number of esters is 1. The van der Waals surface area contributed by atoms with Gasteiger partial charge in [-0.2, -0.15) is 5.10 Å². The summed E-state index contributed by atoms with van der Waals surface area (Å²) in [5, 5.41) is 4.35. The van der Waals surface area contributed by atoms with Crippen molar-refractivity contribution in [1.29, 1.82) is 0 Å². The van der Waals surface area contributed by atoms with Crippen LogP contribution in [0.4, 0.5) is 0 Å². The molecular formula is C20H19N3O5. The number of benzene rings is 2. The van der Waals surface area contributed by atoms with E-state index in [0.717, 1.165) is 4.68 Å². The lowest BCUT2D eigenvalue weighted by atomic mass is 10.2. The van der Waals surface area contributed by atoms with E-state index in [1.54, 1.807) is 62.4 Å². The van der Waals surface area contributed by atoms with Crippen LogP contribution in [0.3, 0.4) is 0 Å². The number of fused-ring (bicyclic) bond motifs is 1. The number of H-pyrrole nitrogens is 1. The zero-order valence-corrected chi connectivity index (χ0v) is 15.4. The lowest BCUT2D eigenvalue weighted by Crippen LogP contribution is -2.32. The van der Waals surface area contributed by atoms with Gasteiger partial charge >= 0.3 is 11.7 Å². The first-order valence-electron chi connectivity index (χ1n) is 8.65. The Hall–Kier alpha value is -3.68. The van der Waals surface area contributed by atoms with E-state index in [-0.39, 0.29) is 12.7 Å². The Kier molecular flexibility index (Phi) is 5.69. The molecule has 144 valence electrons. The van der Waals surface area contributed by atoms with Crippen LogP contribution in [0, 0.1) is 0 Å². The van der Waals surface area contributed by atoms with Crippen molar-refractivity contribution < 1.29 is 14.3 Å². The van der Waals surface area contributed by atoms with E-state index in [0.29, 0.717) is 22.2 Å². The maximum atomic E-state index is 12.5. The molecule has 0 aliphatic heterocycles. The number of carbonyl (C=O) groups excluding carboxylic acids is 1. The number of hydrogen-bond acceptors (Lipinski definition) is 6. The predicted molar refractivity (Wildman–Crippen MR) is 105 cm³/mol. The molecule has 0 aliphatic carbocycles. The molecule has 8 nitrogen and oxygen atoms in total. The molecule has 0 fully saturated rings. The maximum absolute atomic E-state index is 12.5. The fourth-order valence-electron chi connectivity index (χ4n) is 2.51. The Morgan fingerprint density at radius 2 is 1.96 bits per heavy atom. The molecule has 0 amide bonds. The van der Waals surface area contributed by atoms with Crippen LogP contribution in [0.1, 0.15) is 19.4 Å². The lowest BCUT2D eigenvalue weighted by molar-refractivity contribution is -0.149. The van der Waals surface area contributed by atoms with Crippen LogP contribution in [0.2, 0.25) is 0 Å². The minimum Gasteiger partial charge on any atom is -0.482 e. The van der Waals surface area contributed by atoms with Crippen LogP contribution in [-0.4, -0.2) is 34.6 Å². The molecule has 0 saturated carbocycles. The van der Waals surface area contributed by atoms with E-state index in [2.05, 4.69) is 10.1 Å². The van der Waals surface area contributed by atoms with Gasteiger partial charge in [-0.15, -0.1) is 4.68 Å². The first-order valence-corrected chi connectivity index (χ1v) is 8.65. The van der Waals surface area contributed by atoms with Gasteiger partial charge in [0, 0.05) is 0 Å². The molecular weight excluding hydrogens is 362 g/mol. The maximum Gasteiger partial charge on any atom is 0.349 e. The molecule has 0 spiro atoms. The lowest BCUT2D eigenvalue weighted by Gasteiger charge is -2.09. The second-order valence-electron chi connectivity index (χ2n) is 6.24. The molecule has 0 saturated heterocycles. The fraction of sp³-hybridized carbons (Fsp3) is 0.200. The summed E-state index contributed by atoms with van der Waals surface area (Å²) in [5.74, 6) is -0.0345. The van der Waals surface area contributed by atoms with Gasteiger partial charge in [0.25, 0.3) is 5.56 Å². The van der Waals surface area contributed by atoms with E-state index in [1.807, 2.05) is 0 Å². The van der Waals surface area contributed by atoms with Crippen molar-refractivity contribution in [2.24, 2.45) is 5.10 Å². The molecule has 0 radical (unpaired) electrons. The molecule has 0 aliphatic rings. The minimum atomic E-state index is -0.635. The zero-order chi connectivity index (χ0) is 20.1. The van der Waals surface area contributed by atoms with E-state index in [9.17, 15) is 14.4 Å². The van der Waals surface area contributed by atoms with Crippen LogP contribution >= 0.6 is 0 Å².